The molecule has 3 aromatic rings. The lowest BCUT2D eigenvalue weighted by Crippen LogP contribution is -2.56. The molecule has 1 aromatic carbocycles. The molecule has 0 saturated carbocycles. The Hall–Kier alpha value is -3.26. The minimum atomic E-state index is -0.0720. The zero-order valence-electron chi connectivity index (χ0n) is 18.0. The van der Waals surface area contributed by atoms with Crippen LogP contribution in [0.3, 0.4) is 0 Å². The Balaban J connectivity index is 1.11. The standard InChI is InChI=1S/C24H26N4O4/c1-27-20(11-19(26-27)21-3-2-8-30-21)18-13-28-7-6-15(18)9-17(28)12-25-24(29)16-4-5-22-23(10-16)32-14-31-22/h2-5,8,10-11,15,17-18H,6-7,9,12-14H2,1H3,(H,25,29). The maximum atomic E-state index is 12.7. The fourth-order valence-electron chi connectivity index (χ4n) is 5.41. The second kappa shape index (κ2) is 7.70. The minimum absolute atomic E-state index is 0.0720. The number of fused-ring (bicyclic) bond motifs is 4. The molecule has 4 atom stereocenters. The van der Waals surface area contributed by atoms with E-state index in [1.54, 1.807) is 24.5 Å². The molecule has 6 heterocycles. The van der Waals surface area contributed by atoms with Crippen LogP contribution >= 0.6 is 0 Å². The van der Waals surface area contributed by atoms with Crippen molar-refractivity contribution < 1.29 is 18.7 Å². The summed E-state index contributed by atoms with van der Waals surface area (Å²) in [6, 6.07) is 11.7. The van der Waals surface area contributed by atoms with Crippen molar-refractivity contribution in [3.8, 4) is 23.0 Å². The number of hydrogen-bond acceptors (Lipinski definition) is 6. The Morgan fingerprint density at radius 3 is 2.94 bits per heavy atom. The van der Waals surface area contributed by atoms with Gasteiger partial charge in [0.05, 0.1) is 6.26 Å². The van der Waals surface area contributed by atoms with Crippen LogP contribution in [0, 0.1) is 5.92 Å². The molecule has 1 N–H and O–H groups in total. The number of piperidine rings is 3. The number of rotatable bonds is 5. The van der Waals surface area contributed by atoms with Crippen LogP contribution in [-0.2, 0) is 7.05 Å². The SMILES string of the molecule is Cn1nc(-c2ccco2)cc1C1CN2CCC1CC2CNC(=O)c1ccc2c(c1)OCO2. The zero-order chi connectivity index (χ0) is 21.7. The normalized spacial score (nSPS) is 25.8. The summed E-state index contributed by atoms with van der Waals surface area (Å²) in [6.45, 7) is 2.93. The molecule has 166 valence electrons. The molecule has 2 bridgehead atoms. The molecule has 32 heavy (non-hydrogen) atoms. The van der Waals surface area contributed by atoms with E-state index < -0.39 is 0 Å². The van der Waals surface area contributed by atoms with Crippen LogP contribution < -0.4 is 14.8 Å². The molecule has 4 aliphatic rings. The second-order valence-corrected chi connectivity index (χ2v) is 8.87. The first-order valence-electron chi connectivity index (χ1n) is 11.2. The lowest BCUT2D eigenvalue weighted by Gasteiger charge is -2.50. The summed E-state index contributed by atoms with van der Waals surface area (Å²) in [6.07, 6.45) is 3.94. The summed E-state index contributed by atoms with van der Waals surface area (Å²) in [5, 5.41) is 7.80. The smallest absolute Gasteiger partial charge is 0.251 e. The molecular formula is C24H26N4O4. The van der Waals surface area contributed by atoms with Gasteiger partial charge >= 0.3 is 0 Å². The van der Waals surface area contributed by atoms with E-state index in [2.05, 4.69) is 21.4 Å². The van der Waals surface area contributed by atoms with E-state index in [4.69, 9.17) is 13.9 Å². The van der Waals surface area contributed by atoms with Crippen LogP contribution in [0.15, 0.2) is 47.1 Å². The highest BCUT2D eigenvalue weighted by atomic mass is 16.7. The summed E-state index contributed by atoms with van der Waals surface area (Å²) in [5.74, 6) is 3.09. The van der Waals surface area contributed by atoms with Crippen LogP contribution in [0.25, 0.3) is 11.5 Å². The molecule has 8 heteroatoms. The highest BCUT2D eigenvalue weighted by Gasteiger charge is 2.42. The van der Waals surface area contributed by atoms with Gasteiger partial charge in [-0.15, -0.1) is 0 Å². The van der Waals surface area contributed by atoms with Crippen molar-refractivity contribution in [2.45, 2.75) is 24.8 Å². The molecule has 7 rings (SSSR count). The third kappa shape index (κ3) is 3.35. The van der Waals surface area contributed by atoms with Crippen LogP contribution in [0.4, 0.5) is 0 Å². The van der Waals surface area contributed by atoms with Gasteiger partial charge in [0, 0.05) is 43.4 Å². The number of aromatic nitrogens is 2. The summed E-state index contributed by atoms with van der Waals surface area (Å²) < 4.78 is 18.2. The number of carbonyl (C=O) groups is 1. The predicted octanol–water partition coefficient (Wildman–Crippen LogP) is 3.02. The van der Waals surface area contributed by atoms with E-state index in [0.717, 1.165) is 31.0 Å². The van der Waals surface area contributed by atoms with Crippen LogP contribution in [-0.4, -0.2) is 53.1 Å². The zero-order valence-corrected chi connectivity index (χ0v) is 18.0. The monoisotopic (exact) mass is 434 g/mol. The van der Waals surface area contributed by atoms with E-state index in [0.29, 0.717) is 41.5 Å². The fraction of sp³-hybridized carbons (Fsp3) is 0.417. The Bertz CT molecular complexity index is 1140. The number of carbonyl (C=O) groups excluding carboxylic acids is 1. The average molecular weight is 434 g/mol. The molecule has 2 aromatic heterocycles. The summed E-state index contributed by atoms with van der Waals surface area (Å²) in [7, 11) is 2.02. The topological polar surface area (TPSA) is 81.8 Å². The number of amides is 1. The van der Waals surface area contributed by atoms with Gasteiger partial charge in [0.15, 0.2) is 17.3 Å². The van der Waals surface area contributed by atoms with E-state index in [9.17, 15) is 4.79 Å². The van der Waals surface area contributed by atoms with E-state index in [-0.39, 0.29) is 12.7 Å². The minimum Gasteiger partial charge on any atom is -0.463 e. The Morgan fingerprint density at radius 1 is 1.22 bits per heavy atom. The number of hydrogen-bond donors (Lipinski definition) is 1. The van der Waals surface area contributed by atoms with Gasteiger partial charge in [-0.1, -0.05) is 0 Å². The van der Waals surface area contributed by atoms with Crippen molar-refractivity contribution in [1.82, 2.24) is 20.0 Å². The molecule has 1 amide bonds. The van der Waals surface area contributed by atoms with Crippen molar-refractivity contribution in [2.24, 2.45) is 13.0 Å². The summed E-state index contributed by atoms with van der Waals surface area (Å²) >= 11 is 0. The lowest BCUT2D eigenvalue weighted by atomic mass is 9.74. The first kappa shape index (κ1) is 19.4. The molecule has 0 spiro atoms. The van der Waals surface area contributed by atoms with Crippen LogP contribution in [0.5, 0.6) is 11.5 Å². The molecule has 0 aliphatic carbocycles. The third-order valence-electron chi connectivity index (χ3n) is 7.08. The maximum Gasteiger partial charge on any atom is 0.251 e. The lowest BCUT2D eigenvalue weighted by molar-refractivity contribution is 0.0280. The number of ether oxygens (including phenoxy) is 2. The maximum absolute atomic E-state index is 12.7. The van der Waals surface area contributed by atoms with Crippen molar-refractivity contribution in [2.75, 3.05) is 26.4 Å². The molecule has 3 saturated heterocycles. The van der Waals surface area contributed by atoms with Crippen molar-refractivity contribution in [1.29, 1.82) is 0 Å². The molecule has 4 aliphatic heterocycles. The van der Waals surface area contributed by atoms with Crippen LogP contribution in [0.1, 0.15) is 34.8 Å². The Morgan fingerprint density at radius 2 is 2.12 bits per heavy atom. The number of furan rings is 1. The fourth-order valence-corrected chi connectivity index (χ4v) is 5.41. The van der Waals surface area contributed by atoms with Gasteiger partial charge in [-0.25, -0.2) is 0 Å². The van der Waals surface area contributed by atoms with Gasteiger partial charge < -0.3 is 19.2 Å². The number of nitrogens with one attached hydrogen (secondary N) is 1. The van der Waals surface area contributed by atoms with E-state index in [1.807, 2.05) is 23.9 Å². The molecule has 4 unspecified atom stereocenters. The van der Waals surface area contributed by atoms with Gasteiger partial charge in [0.1, 0.15) is 5.69 Å². The molecule has 3 fully saturated rings. The van der Waals surface area contributed by atoms with E-state index in [1.165, 1.54) is 12.1 Å². The highest BCUT2D eigenvalue weighted by molar-refractivity contribution is 5.94. The average Bonchev–Trinajstić information content (AvgIpc) is 3.57. The Kier molecular flexibility index (Phi) is 4.68. The largest absolute Gasteiger partial charge is 0.463 e. The predicted molar refractivity (Wildman–Crippen MR) is 117 cm³/mol. The van der Waals surface area contributed by atoms with Crippen molar-refractivity contribution in [3.63, 3.8) is 0 Å². The van der Waals surface area contributed by atoms with Gasteiger partial charge in [-0.05, 0) is 61.7 Å². The summed E-state index contributed by atoms with van der Waals surface area (Å²) in [4.78, 5) is 15.2. The third-order valence-corrected chi connectivity index (χ3v) is 7.08. The van der Waals surface area contributed by atoms with Gasteiger partial charge in [0.25, 0.3) is 5.91 Å². The summed E-state index contributed by atoms with van der Waals surface area (Å²) in [5.41, 5.74) is 2.74. The Labute approximate surface area is 186 Å². The van der Waals surface area contributed by atoms with E-state index >= 15 is 0 Å². The van der Waals surface area contributed by atoms with Gasteiger partial charge in [0.2, 0.25) is 6.79 Å². The van der Waals surface area contributed by atoms with Crippen molar-refractivity contribution >= 4 is 5.91 Å². The molecule has 0 radical (unpaired) electrons. The van der Waals surface area contributed by atoms with Crippen LogP contribution in [0.2, 0.25) is 0 Å². The van der Waals surface area contributed by atoms with Gasteiger partial charge in [-0.2, -0.15) is 5.10 Å². The number of aryl methyl sites for hydroxylation is 1. The quantitative estimate of drug-likeness (QED) is 0.665. The number of nitrogens with zero attached hydrogens (tertiary/aromatic N) is 3. The highest BCUT2D eigenvalue weighted by Crippen LogP contribution is 2.42. The van der Waals surface area contributed by atoms with Crippen molar-refractivity contribution in [3.05, 3.63) is 53.9 Å². The first-order valence-corrected chi connectivity index (χ1v) is 11.2. The van der Waals surface area contributed by atoms with Gasteiger partial charge in [-0.3, -0.25) is 14.4 Å². The second-order valence-electron chi connectivity index (χ2n) is 8.87. The first-order chi connectivity index (χ1) is 15.7. The molecular weight excluding hydrogens is 408 g/mol. The number of benzene rings is 1. The molecule has 8 nitrogen and oxygen atoms in total.